The van der Waals surface area contributed by atoms with E-state index in [4.69, 9.17) is 29.0 Å². The third-order valence-corrected chi connectivity index (χ3v) is 13.7. The van der Waals surface area contributed by atoms with E-state index in [-0.39, 0.29) is 37.9 Å². The molecule has 1 saturated heterocycles. The molecule has 0 radical (unpaired) electrons. The zero-order chi connectivity index (χ0) is 51.6. The van der Waals surface area contributed by atoms with Crippen LogP contribution in [0.5, 0.6) is 0 Å². The van der Waals surface area contributed by atoms with Crippen LogP contribution in [-0.4, -0.2) is 108 Å². The van der Waals surface area contributed by atoms with E-state index in [1.807, 2.05) is 12.2 Å². The van der Waals surface area contributed by atoms with Crippen LogP contribution in [0.4, 0.5) is 5.82 Å². The minimum absolute atomic E-state index is 0.0217. The van der Waals surface area contributed by atoms with Gasteiger partial charge in [-0.25, -0.2) is 13.9 Å². The fourth-order valence-electron chi connectivity index (χ4n) is 7.06. The first-order valence-corrected chi connectivity index (χ1v) is 27.8. The summed E-state index contributed by atoms with van der Waals surface area (Å²) in [4.78, 5) is 61.9. The van der Waals surface area contributed by atoms with Crippen LogP contribution >= 0.6 is 15.6 Å². The van der Waals surface area contributed by atoms with Crippen molar-refractivity contribution in [1.29, 1.82) is 0 Å². The topological polar surface area (TPSA) is 306 Å². The molecule has 2 rings (SSSR count). The first-order chi connectivity index (χ1) is 33.5. The number of phosphoric ester groups is 2. The van der Waals surface area contributed by atoms with E-state index < -0.39 is 95.9 Å². The number of phosphoric acid groups is 2. The average Bonchev–Trinajstić information content (AvgIpc) is 3.59. The van der Waals surface area contributed by atoms with Crippen LogP contribution < -0.4 is 11.4 Å². The van der Waals surface area contributed by atoms with E-state index >= 15 is 0 Å². The molecule has 1 fully saturated rings. The summed E-state index contributed by atoms with van der Waals surface area (Å²) in [7, 11) is -11.0. The Balaban J connectivity index is 1.88. The molecular formula is C48H81N3O17P2. The Morgan fingerprint density at radius 2 is 1.30 bits per heavy atom. The second-order valence-corrected chi connectivity index (χ2v) is 20.3. The van der Waals surface area contributed by atoms with Gasteiger partial charge in [-0.2, -0.15) is 9.29 Å². The predicted octanol–water partition coefficient (Wildman–Crippen LogP) is 7.72. The summed E-state index contributed by atoms with van der Waals surface area (Å²) in [5, 5.41) is 41.7. The van der Waals surface area contributed by atoms with Gasteiger partial charge in [0.25, 0.3) is 0 Å². The molecule has 22 heteroatoms. The molecule has 0 bridgehead atoms. The van der Waals surface area contributed by atoms with Gasteiger partial charge in [0.05, 0.1) is 25.4 Å². The highest BCUT2D eigenvalue weighted by molar-refractivity contribution is 7.61. The molecule has 0 spiro atoms. The van der Waals surface area contributed by atoms with Gasteiger partial charge in [-0.1, -0.05) is 114 Å². The van der Waals surface area contributed by atoms with E-state index in [0.717, 1.165) is 62.1 Å². The Bertz CT molecular complexity index is 1900. The fourth-order valence-corrected chi connectivity index (χ4v) is 9.17. The number of esters is 2. The molecule has 20 nitrogen and oxygen atoms in total. The van der Waals surface area contributed by atoms with E-state index in [9.17, 15) is 53.7 Å². The lowest BCUT2D eigenvalue weighted by atomic mass is 10.0. The molecule has 1 aromatic rings. The smallest absolute Gasteiger partial charge is 0.462 e. The third kappa shape index (κ3) is 28.6. The number of anilines is 1. The van der Waals surface area contributed by atoms with Crippen molar-refractivity contribution in [3.8, 4) is 0 Å². The van der Waals surface area contributed by atoms with E-state index in [1.165, 1.54) is 51.0 Å². The monoisotopic (exact) mass is 1030 g/mol. The number of carbonyl (C=O) groups excluding carboxylic acids is 2. The van der Waals surface area contributed by atoms with Crippen LogP contribution in [0.3, 0.4) is 0 Å². The molecule has 1 aliphatic heterocycles. The number of aliphatic hydroxyl groups is 4. The number of unbranched alkanes of at least 4 members (excludes halogenated alkanes) is 12. The molecule has 2 heterocycles. The van der Waals surface area contributed by atoms with E-state index in [1.54, 1.807) is 6.08 Å². The van der Waals surface area contributed by atoms with Gasteiger partial charge in [-0.05, 0) is 83.1 Å². The van der Waals surface area contributed by atoms with Crippen molar-refractivity contribution in [1.82, 2.24) is 9.55 Å². The fraction of sp³-hybridized carbons (Fsp3) is 0.708. The van der Waals surface area contributed by atoms with Crippen LogP contribution in [0, 0.1) is 0 Å². The summed E-state index contributed by atoms with van der Waals surface area (Å²) in [5.74, 6) is -1.61. The maximum Gasteiger partial charge on any atom is 0.481 e. The van der Waals surface area contributed by atoms with Crippen molar-refractivity contribution >= 4 is 33.4 Å². The van der Waals surface area contributed by atoms with Crippen molar-refractivity contribution < 1.29 is 76.5 Å². The number of carbonyl (C=O) groups is 2. The van der Waals surface area contributed by atoms with Gasteiger partial charge in [-0.15, -0.1) is 0 Å². The molecule has 1 aliphatic rings. The molecule has 1 aromatic heterocycles. The molecule has 8 N–H and O–H groups in total. The molecule has 9 atom stereocenters. The summed E-state index contributed by atoms with van der Waals surface area (Å²) in [6, 6.07) is 1.23. The average molecular weight is 1030 g/mol. The van der Waals surface area contributed by atoms with Crippen LogP contribution in [0.25, 0.3) is 0 Å². The van der Waals surface area contributed by atoms with Crippen molar-refractivity contribution in [3.63, 3.8) is 0 Å². The number of rotatable bonds is 40. The molecule has 0 aromatic carbocycles. The zero-order valence-corrected chi connectivity index (χ0v) is 42.8. The number of ether oxygens (including phenoxy) is 3. The van der Waals surface area contributed by atoms with Crippen LogP contribution in [0.2, 0.25) is 0 Å². The molecule has 400 valence electrons. The first kappa shape index (κ1) is 62.8. The Hall–Kier alpha value is -3.36. The lowest BCUT2D eigenvalue weighted by molar-refractivity contribution is -0.161. The van der Waals surface area contributed by atoms with Crippen molar-refractivity contribution in [2.75, 3.05) is 25.6 Å². The molecule has 0 saturated carbocycles. The Morgan fingerprint density at radius 1 is 0.743 bits per heavy atom. The van der Waals surface area contributed by atoms with Crippen molar-refractivity contribution in [2.24, 2.45) is 0 Å². The van der Waals surface area contributed by atoms with Gasteiger partial charge >= 0.3 is 33.3 Å². The highest BCUT2D eigenvalue weighted by atomic mass is 31.3. The second kappa shape index (κ2) is 36.5. The number of hydrogen-bond acceptors (Lipinski definition) is 17. The number of nitrogens with two attached hydrogens (primary N) is 1. The molecule has 4 unspecified atom stereocenters. The third-order valence-electron chi connectivity index (χ3n) is 11.1. The van der Waals surface area contributed by atoms with Gasteiger partial charge in [0.2, 0.25) is 0 Å². The van der Waals surface area contributed by atoms with Gasteiger partial charge in [-0.3, -0.25) is 23.2 Å². The summed E-state index contributed by atoms with van der Waals surface area (Å²) in [6.07, 6.45) is 25.0. The van der Waals surface area contributed by atoms with E-state index in [2.05, 4.69) is 53.5 Å². The molecular weight excluding hydrogens is 952 g/mol. The maximum absolute atomic E-state index is 12.8. The molecule has 0 amide bonds. The van der Waals surface area contributed by atoms with Crippen LogP contribution in [0.15, 0.2) is 65.7 Å². The predicted molar refractivity (Wildman–Crippen MR) is 264 cm³/mol. The maximum atomic E-state index is 12.8. The lowest BCUT2D eigenvalue weighted by Crippen LogP contribution is -2.36. The number of hydrogen-bond donors (Lipinski definition) is 7. The number of nitrogen functional groups attached to an aromatic ring is 1. The highest BCUT2D eigenvalue weighted by Crippen LogP contribution is 2.60. The Morgan fingerprint density at radius 3 is 1.97 bits per heavy atom. The van der Waals surface area contributed by atoms with Gasteiger partial charge in [0, 0.05) is 19.0 Å². The standard InChI is InChI=1S/C48H81N3O17P2/c1-3-5-7-9-11-13-15-17-19-21-23-25-27-31-44(55)66-38(35-63-43(54)32-28-30-40(53)39(52)29-26-24-22-20-18-16-14-12-10-8-6-4-2)36-64-69(59,60)68-70(61,62)65-37-41-45(56)46(57)47(67-41)51-34-33-42(49)50-48(51)58/h12-15,18,20,24,26,33-34,38-41,45-47,52-53,56-57H,3-11,16-17,19,21-23,25,27-32,35-37H2,1-2H3,(H,59,60)(H,61,62)(H2,49,50,58)/b14-12-,15-13-,20-18-,26-24-/t38-,39?,40?,41-,45-,46-,47-/m1/s1. The summed E-state index contributed by atoms with van der Waals surface area (Å²) < 4.78 is 56.5. The van der Waals surface area contributed by atoms with Crippen LogP contribution in [0.1, 0.15) is 161 Å². The molecule has 0 aliphatic carbocycles. The minimum atomic E-state index is -5.49. The summed E-state index contributed by atoms with van der Waals surface area (Å²) >= 11 is 0. The first-order valence-electron chi connectivity index (χ1n) is 24.8. The Labute approximate surface area is 413 Å². The number of nitrogens with zero attached hydrogens (tertiary/aromatic N) is 2. The van der Waals surface area contributed by atoms with Gasteiger partial charge in [0.1, 0.15) is 30.7 Å². The number of aromatic nitrogens is 2. The minimum Gasteiger partial charge on any atom is -0.462 e. The summed E-state index contributed by atoms with van der Waals surface area (Å²) in [6.45, 7) is 1.80. The normalized spacial score (nSPS) is 20.6. The SMILES string of the molecule is CCCCC/C=C\C/C=C\C/C=C\CC(O)C(O)CCCC(=O)OC[C@H](COP(=O)(O)OP(=O)(O)OC[C@H]1O[C@@H](n2ccc(N)nc2=O)[C@H](O)[C@@H]1O)OC(=O)CCCCCCC/C=C\CCCCCC. The van der Waals surface area contributed by atoms with Crippen molar-refractivity contribution in [3.05, 3.63) is 71.4 Å². The van der Waals surface area contributed by atoms with Crippen molar-refractivity contribution in [2.45, 2.75) is 198 Å². The van der Waals surface area contributed by atoms with Crippen LogP contribution in [-0.2, 0) is 46.3 Å². The number of allylic oxidation sites excluding steroid dienone is 7. The summed E-state index contributed by atoms with van der Waals surface area (Å²) in [5.41, 5.74) is 4.56. The van der Waals surface area contributed by atoms with E-state index in [0.29, 0.717) is 12.8 Å². The second-order valence-electron chi connectivity index (χ2n) is 17.3. The Kier molecular flexibility index (Phi) is 32.8. The lowest BCUT2D eigenvalue weighted by Gasteiger charge is -2.21. The highest BCUT2D eigenvalue weighted by Gasteiger charge is 2.46. The zero-order valence-electron chi connectivity index (χ0n) is 41.0. The number of aliphatic hydroxyl groups excluding tert-OH is 4. The quantitative estimate of drug-likeness (QED) is 0.0143. The van der Waals surface area contributed by atoms with Gasteiger partial charge in [0.15, 0.2) is 12.3 Å². The van der Waals surface area contributed by atoms with Gasteiger partial charge < -0.3 is 50.2 Å². The molecule has 70 heavy (non-hydrogen) atoms. The largest absolute Gasteiger partial charge is 0.481 e.